The zero-order chi connectivity index (χ0) is 14.5. The topological polar surface area (TPSA) is 32.3 Å². The molecule has 0 spiro atoms. The number of carbonyl (C=O) groups excluding carboxylic acids is 1. The Kier molecular flexibility index (Phi) is 6.15. The summed E-state index contributed by atoms with van der Waals surface area (Å²) < 4.78 is 0.891. The van der Waals surface area contributed by atoms with Gasteiger partial charge in [0, 0.05) is 19.1 Å². The summed E-state index contributed by atoms with van der Waals surface area (Å²) in [6.07, 6.45) is 7.35. The fourth-order valence-corrected chi connectivity index (χ4v) is 4.43. The van der Waals surface area contributed by atoms with Crippen LogP contribution in [0, 0.1) is 5.92 Å². The number of nitrogens with zero attached hydrogens (tertiary/aromatic N) is 1. The summed E-state index contributed by atoms with van der Waals surface area (Å²) in [7, 11) is 0. The maximum absolute atomic E-state index is 12.3. The first-order chi connectivity index (χ1) is 9.58. The van der Waals surface area contributed by atoms with Crippen LogP contribution in [0.5, 0.6) is 0 Å². The van der Waals surface area contributed by atoms with E-state index in [2.05, 4.69) is 17.1 Å². The van der Waals surface area contributed by atoms with Crippen molar-refractivity contribution in [1.82, 2.24) is 10.2 Å². The molecule has 1 heterocycles. The number of hydrogen-bond acceptors (Lipinski definition) is 3. The van der Waals surface area contributed by atoms with E-state index in [0.29, 0.717) is 12.0 Å². The molecule has 3 atom stereocenters. The lowest BCUT2D eigenvalue weighted by atomic mass is 9.86. The summed E-state index contributed by atoms with van der Waals surface area (Å²) in [5.74, 6) is 0.755. The second kappa shape index (κ2) is 7.64. The standard InChI is InChI=1S/C15H26N2OS2/c1-11-7-3-4-8-13(11)16-14(18)12(2)20-15(19)17-9-5-6-10-17/h11-13H,3-10H2,1-2H3,(H,16,18)/t11-,12+,13-/m1/s1. The van der Waals surface area contributed by atoms with Crippen LogP contribution in [0.15, 0.2) is 0 Å². The molecule has 0 aromatic carbocycles. The average molecular weight is 315 g/mol. The number of amides is 1. The van der Waals surface area contributed by atoms with Crippen LogP contribution in [0.4, 0.5) is 0 Å². The third-order valence-electron chi connectivity index (χ3n) is 4.45. The highest BCUT2D eigenvalue weighted by atomic mass is 32.2. The van der Waals surface area contributed by atoms with Gasteiger partial charge in [-0.25, -0.2) is 0 Å². The minimum absolute atomic E-state index is 0.0859. The van der Waals surface area contributed by atoms with Crippen LogP contribution >= 0.6 is 24.0 Å². The Morgan fingerprint density at radius 1 is 1.25 bits per heavy atom. The lowest BCUT2D eigenvalue weighted by Gasteiger charge is -2.30. The number of thioether (sulfide) groups is 1. The van der Waals surface area contributed by atoms with Gasteiger partial charge in [0.1, 0.15) is 4.32 Å². The summed E-state index contributed by atoms with van der Waals surface area (Å²) in [6, 6.07) is 0.361. The van der Waals surface area contributed by atoms with Crippen LogP contribution in [0.1, 0.15) is 52.4 Å². The molecule has 2 rings (SSSR count). The van der Waals surface area contributed by atoms with Crippen molar-refractivity contribution in [2.75, 3.05) is 13.1 Å². The van der Waals surface area contributed by atoms with Gasteiger partial charge in [0.05, 0.1) is 5.25 Å². The number of hydrogen-bond donors (Lipinski definition) is 1. The summed E-state index contributed by atoms with van der Waals surface area (Å²) in [4.78, 5) is 14.5. The summed E-state index contributed by atoms with van der Waals surface area (Å²) >= 11 is 6.99. The van der Waals surface area contributed by atoms with E-state index >= 15 is 0 Å². The van der Waals surface area contributed by atoms with Crippen molar-refractivity contribution >= 4 is 34.2 Å². The number of likely N-dealkylation sites (tertiary alicyclic amines) is 1. The Labute approximate surface area is 132 Å². The fourth-order valence-electron chi connectivity index (χ4n) is 3.01. The van der Waals surface area contributed by atoms with Crippen molar-refractivity contribution in [1.29, 1.82) is 0 Å². The molecule has 114 valence electrons. The van der Waals surface area contributed by atoms with Gasteiger partial charge in [-0.05, 0) is 38.5 Å². The van der Waals surface area contributed by atoms with E-state index in [1.165, 1.54) is 32.1 Å². The molecule has 0 unspecified atom stereocenters. The second-order valence-corrected chi connectivity index (χ2v) is 8.07. The SMILES string of the molecule is C[C@H](SC(=S)N1CCCC1)C(=O)N[C@@H]1CCCC[C@H]1C. The number of nitrogens with one attached hydrogen (secondary N) is 1. The molecule has 1 aliphatic heterocycles. The highest BCUT2D eigenvalue weighted by molar-refractivity contribution is 8.23. The second-order valence-electron chi connectivity index (χ2n) is 6.10. The van der Waals surface area contributed by atoms with Crippen molar-refractivity contribution in [2.24, 2.45) is 5.92 Å². The highest BCUT2D eigenvalue weighted by Gasteiger charge is 2.26. The molecule has 0 bridgehead atoms. The first kappa shape index (κ1) is 16.1. The maximum Gasteiger partial charge on any atom is 0.233 e. The van der Waals surface area contributed by atoms with Gasteiger partial charge in [0.15, 0.2) is 0 Å². The van der Waals surface area contributed by atoms with E-state index < -0.39 is 0 Å². The van der Waals surface area contributed by atoms with Gasteiger partial charge in [0.25, 0.3) is 0 Å². The molecule has 3 nitrogen and oxygen atoms in total. The first-order valence-electron chi connectivity index (χ1n) is 7.84. The van der Waals surface area contributed by atoms with Gasteiger partial charge in [-0.1, -0.05) is 43.7 Å². The summed E-state index contributed by atoms with van der Waals surface area (Å²) in [5, 5.41) is 3.14. The van der Waals surface area contributed by atoms with Crippen molar-refractivity contribution in [2.45, 2.75) is 63.7 Å². The lowest BCUT2D eigenvalue weighted by molar-refractivity contribution is -0.121. The van der Waals surface area contributed by atoms with E-state index in [4.69, 9.17) is 12.2 Å². The van der Waals surface area contributed by atoms with E-state index in [1.807, 2.05) is 6.92 Å². The molecule has 5 heteroatoms. The van der Waals surface area contributed by atoms with Gasteiger partial charge >= 0.3 is 0 Å². The monoisotopic (exact) mass is 314 g/mol. The van der Waals surface area contributed by atoms with E-state index in [9.17, 15) is 4.79 Å². The normalized spacial score (nSPS) is 28.2. The molecule has 1 aliphatic carbocycles. The Morgan fingerprint density at radius 3 is 2.55 bits per heavy atom. The number of thiocarbonyl (C=S) groups is 1. The first-order valence-corrected chi connectivity index (χ1v) is 9.12. The molecule has 1 saturated carbocycles. The molecular formula is C15H26N2OS2. The van der Waals surface area contributed by atoms with Gasteiger partial charge in [0.2, 0.25) is 5.91 Å². The van der Waals surface area contributed by atoms with Crippen molar-refractivity contribution in [3.8, 4) is 0 Å². The van der Waals surface area contributed by atoms with Gasteiger partial charge in [-0.2, -0.15) is 0 Å². The van der Waals surface area contributed by atoms with Gasteiger partial charge < -0.3 is 10.2 Å². The largest absolute Gasteiger partial charge is 0.358 e. The predicted molar refractivity (Wildman–Crippen MR) is 90.0 cm³/mol. The van der Waals surface area contributed by atoms with Gasteiger partial charge in [-0.3, -0.25) is 4.79 Å². The zero-order valence-electron chi connectivity index (χ0n) is 12.6. The molecule has 1 amide bonds. The van der Waals surface area contributed by atoms with Crippen molar-refractivity contribution in [3.63, 3.8) is 0 Å². The lowest BCUT2D eigenvalue weighted by Crippen LogP contribution is -2.44. The van der Waals surface area contributed by atoms with Crippen LogP contribution in [0.2, 0.25) is 0 Å². The van der Waals surface area contributed by atoms with Crippen LogP contribution in [-0.4, -0.2) is 39.5 Å². The van der Waals surface area contributed by atoms with Crippen molar-refractivity contribution < 1.29 is 4.79 Å². The Morgan fingerprint density at radius 2 is 1.90 bits per heavy atom. The van der Waals surface area contributed by atoms with Crippen LogP contribution in [-0.2, 0) is 4.79 Å². The Bertz CT molecular complexity index is 356. The number of rotatable bonds is 3. The number of carbonyl (C=O) groups is 1. The highest BCUT2D eigenvalue weighted by Crippen LogP contribution is 2.25. The predicted octanol–water partition coefficient (Wildman–Crippen LogP) is 3.18. The molecule has 0 aromatic heterocycles. The van der Waals surface area contributed by atoms with Crippen LogP contribution in [0.25, 0.3) is 0 Å². The minimum Gasteiger partial charge on any atom is -0.358 e. The third-order valence-corrected chi connectivity index (χ3v) is 6.02. The molecule has 20 heavy (non-hydrogen) atoms. The molecule has 2 aliphatic rings. The minimum atomic E-state index is -0.0859. The Hall–Kier alpha value is -0.290. The van der Waals surface area contributed by atoms with E-state index in [-0.39, 0.29) is 11.2 Å². The zero-order valence-corrected chi connectivity index (χ0v) is 14.2. The fraction of sp³-hybridized carbons (Fsp3) is 0.867. The molecule has 0 aromatic rings. The van der Waals surface area contributed by atoms with Crippen LogP contribution < -0.4 is 5.32 Å². The molecular weight excluding hydrogens is 288 g/mol. The smallest absolute Gasteiger partial charge is 0.233 e. The summed E-state index contributed by atoms with van der Waals surface area (Å²) in [6.45, 7) is 6.33. The quantitative estimate of drug-likeness (QED) is 0.811. The maximum atomic E-state index is 12.3. The average Bonchev–Trinajstić information content (AvgIpc) is 2.95. The molecule has 1 N–H and O–H groups in total. The molecule has 0 radical (unpaired) electrons. The molecule has 2 fully saturated rings. The van der Waals surface area contributed by atoms with Crippen LogP contribution in [0.3, 0.4) is 0 Å². The van der Waals surface area contributed by atoms with E-state index in [1.54, 1.807) is 11.8 Å². The van der Waals surface area contributed by atoms with E-state index in [0.717, 1.165) is 23.8 Å². The Balaban J connectivity index is 1.77. The third kappa shape index (κ3) is 4.35. The summed E-state index contributed by atoms with van der Waals surface area (Å²) in [5.41, 5.74) is 0. The molecule has 1 saturated heterocycles. The van der Waals surface area contributed by atoms with Gasteiger partial charge in [-0.15, -0.1) is 0 Å². The van der Waals surface area contributed by atoms with Crippen molar-refractivity contribution in [3.05, 3.63) is 0 Å².